The van der Waals surface area contributed by atoms with Crippen molar-refractivity contribution in [1.29, 1.82) is 0 Å². The lowest BCUT2D eigenvalue weighted by molar-refractivity contribution is -0.274. The van der Waals surface area contributed by atoms with Crippen molar-refractivity contribution < 1.29 is 35.9 Å². The first-order chi connectivity index (χ1) is 13.0. The largest absolute Gasteiger partial charge is 0.573 e. The number of alkyl halides is 3. The SMILES string of the molecule is COC(=O)c1ccc(C)c(S(=O)(=O)N(C)Cc2ccccc2OC(F)(F)F)c1. The molecule has 10 heteroatoms. The zero-order chi connectivity index (χ0) is 21.1. The Morgan fingerprint density at radius 2 is 1.79 bits per heavy atom. The Hall–Kier alpha value is -2.59. The maximum absolute atomic E-state index is 12.9. The van der Waals surface area contributed by atoms with Gasteiger partial charge in [-0.15, -0.1) is 13.2 Å². The van der Waals surface area contributed by atoms with E-state index in [9.17, 15) is 26.4 Å². The topological polar surface area (TPSA) is 72.9 Å². The molecule has 0 amide bonds. The van der Waals surface area contributed by atoms with Crippen molar-refractivity contribution in [2.45, 2.75) is 24.7 Å². The van der Waals surface area contributed by atoms with Gasteiger partial charge >= 0.3 is 12.3 Å². The molecule has 0 aromatic heterocycles. The Balaban J connectivity index is 2.37. The van der Waals surface area contributed by atoms with Crippen LogP contribution in [0, 0.1) is 6.92 Å². The molecule has 2 aromatic carbocycles. The van der Waals surface area contributed by atoms with Gasteiger partial charge in [0.05, 0.1) is 17.6 Å². The smallest absolute Gasteiger partial charge is 0.465 e. The highest BCUT2D eigenvalue weighted by Gasteiger charge is 2.32. The molecule has 0 N–H and O–H groups in total. The van der Waals surface area contributed by atoms with Gasteiger partial charge in [0.25, 0.3) is 0 Å². The zero-order valence-corrected chi connectivity index (χ0v) is 16.1. The number of sulfonamides is 1. The third-order valence-corrected chi connectivity index (χ3v) is 5.83. The van der Waals surface area contributed by atoms with Crippen LogP contribution < -0.4 is 4.74 Å². The predicted molar refractivity (Wildman–Crippen MR) is 94.3 cm³/mol. The summed E-state index contributed by atoms with van der Waals surface area (Å²) in [6.07, 6.45) is -4.90. The molecule has 0 atom stereocenters. The second kappa shape index (κ2) is 8.19. The van der Waals surface area contributed by atoms with Crippen LogP contribution in [0.2, 0.25) is 0 Å². The number of benzene rings is 2. The van der Waals surface area contributed by atoms with Crippen LogP contribution in [0.15, 0.2) is 47.4 Å². The third-order valence-electron chi connectivity index (χ3n) is 3.89. The molecule has 0 heterocycles. The lowest BCUT2D eigenvalue weighted by atomic mass is 10.1. The minimum Gasteiger partial charge on any atom is -0.465 e. The summed E-state index contributed by atoms with van der Waals surface area (Å²) in [4.78, 5) is 11.5. The van der Waals surface area contributed by atoms with E-state index >= 15 is 0 Å². The van der Waals surface area contributed by atoms with E-state index in [2.05, 4.69) is 9.47 Å². The molecule has 2 aromatic rings. The normalized spacial score (nSPS) is 12.1. The summed E-state index contributed by atoms with van der Waals surface area (Å²) in [7, 11) is -1.71. The fourth-order valence-corrected chi connectivity index (χ4v) is 3.87. The van der Waals surface area contributed by atoms with Gasteiger partial charge in [0.15, 0.2) is 0 Å². The van der Waals surface area contributed by atoms with Crippen LogP contribution >= 0.6 is 0 Å². The van der Waals surface area contributed by atoms with Crippen LogP contribution in [0.5, 0.6) is 5.75 Å². The zero-order valence-electron chi connectivity index (χ0n) is 15.3. The van der Waals surface area contributed by atoms with E-state index in [1.165, 1.54) is 50.6 Å². The van der Waals surface area contributed by atoms with Crippen molar-refractivity contribution in [3.8, 4) is 5.75 Å². The van der Waals surface area contributed by atoms with Crippen LogP contribution in [0.25, 0.3) is 0 Å². The Labute approximate surface area is 160 Å². The molecule has 0 aliphatic heterocycles. The van der Waals surface area contributed by atoms with Crippen molar-refractivity contribution >= 4 is 16.0 Å². The molecule has 0 radical (unpaired) electrons. The summed E-state index contributed by atoms with van der Waals surface area (Å²) in [6.45, 7) is 1.18. The van der Waals surface area contributed by atoms with E-state index in [0.29, 0.717) is 5.56 Å². The molecule has 0 bridgehead atoms. The average Bonchev–Trinajstić information content (AvgIpc) is 2.61. The van der Waals surface area contributed by atoms with Gasteiger partial charge in [-0.25, -0.2) is 13.2 Å². The maximum atomic E-state index is 12.9. The first kappa shape index (κ1) is 21.7. The lowest BCUT2D eigenvalue weighted by Gasteiger charge is -2.21. The van der Waals surface area contributed by atoms with Crippen LogP contribution in [0.4, 0.5) is 13.2 Å². The first-order valence-corrected chi connectivity index (χ1v) is 9.38. The summed E-state index contributed by atoms with van der Waals surface area (Å²) >= 11 is 0. The number of carbonyl (C=O) groups is 1. The minimum absolute atomic E-state index is 0.0349. The number of hydrogen-bond acceptors (Lipinski definition) is 5. The molecule has 0 fully saturated rings. The molecule has 0 spiro atoms. The number of esters is 1. The van der Waals surface area contributed by atoms with Gasteiger partial charge in [0.1, 0.15) is 5.75 Å². The molecule has 0 aliphatic rings. The van der Waals surface area contributed by atoms with Crippen molar-refractivity contribution in [2.24, 2.45) is 0 Å². The highest BCUT2D eigenvalue weighted by molar-refractivity contribution is 7.89. The van der Waals surface area contributed by atoms with Gasteiger partial charge in [-0.1, -0.05) is 24.3 Å². The van der Waals surface area contributed by atoms with Crippen molar-refractivity contribution in [2.75, 3.05) is 14.2 Å². The molecule has 6 nitrogen and oxygen atoms in total. The highest BCUT2D eigenvalue weighted by Crippen LogP contribution is 2.29. The first-order valence-electron chi connectivity index (χ1n) is 7.94. The average molecular weight is 417 g/mol. The van der Waals surface area contributed by atoms with Crippen molar-refractivity contribution in [1.82, 2.24) is 4.31 Å². The third kappa shape index (κ3) is 5.02. The van der Waals surface area contributed by atoms with Gasteiger partial charge in [-0.05, 0) is 30.7 Å². The molecule has 0 saturated heterocycles. The Morgan fingerprint density at radius 1 is 1.14 bits per heavy atom. The second-order valence-corrected chi connectivity index (χ2v) is 7.90. The highest BCUT2D eigenvalue weighted by atomic mass is 32.2. The number of hydrogen-bond donors (Lipinski definition) is 0. The Morgan fingerprint density at radius 3 is 2.39 bits per heavy atom. The van der Waals surface area contributed by atoms with Gasteiger partial charge in [-0.2, -0.15) is 4.31 Å². The molecule has 0 saturated carbocycles. The van der Waals surface area contributed by atoms with Crippen molar-refractivity contribution in [3.05, 3.63) is 59.2 Å². The standard InChI is InChI=1S/C18H18F3NO5S/c1-12-8-9-13(17(23)26-3)10-16(12)28(24,25)22(2)11-14-6-4-5-7-15(14)27-18(19,20)21/h4-10H,11H2,1-3H3. The summed E-state index contributed by atoms with van der Waals surface area (Å²) < 4.78 is 73.0. The van der Waals surface area contributed by atoms with E-state index in [4.69, 9.17) is 0 Å². The number of halogens is 3. The Kier molecular flexibility index (Phi) is 6.35. The fraction of sp³-hybridized carbons (Fsp3) is 0.278. The van der Waals surface area contributed by atoms with Gasteiger partial charge in [-0.3, -0.25) is 0 Å². The Bertz CT molecular complexity index is 973. The molecule has 152 valence electrons. The maximum Gasteiger partial charge on any atom is 0.573 e. The number of ether oxygens (including phenoxy) is 2. The monoisotopic (exact) mass is 417 g/mol. The summed E-state index contributed by atoms with van der Waals surface area (Å²) in [5.74, 6) is -1.19. The number of nitrogens with zero attached hydrogens (tertiary/aromatic N) is 1. The molecule has 0 unspecified atom stereocenters. The van der Waals surface area contributed by atoms with E-state index < -0.39 is 28.1 Å². The number of rotatable bonds is 6. The summed E-state index contributed by atoms with van der Waals surface area (Å²) in [6, 6.07) is 9.31. The number of methoxy groups -OCH3 is 1. The van der Waals surface area contributed by atoms with E-state index in [0.717, 1.165) is 10.4 Å². The van der Waals surface area contributed by atoms with E-state index in [1.54, 1.807) is 6.92 Å². The van der Waals surface area contributed by atoms with Crippen molar-refractivity contribution in [3.63, 3.8) is 0 Å². The number of aryl methyl sites for hydroxylation is 1. The van der Waals surface area contributed by atoms with E-state index in [-0.39, 0.29) is 22.6 Å². The quantitative estimate of drug-likeness (QED) is 0.673. The molecule has 0 aliphatic carbocycles. The van der Waals surface area contributed by atoms with Gasteiger partial charge in [0.2, 0.25) is 10.0 Å². The minimum atomic E-state index is -4.90. The summed E-state index contributed by atoms with van der Waals surface area (Å²) in [5, 5.41) is 0. The van der Waals surface area contributed by atoms with Crippen LogP contribution in [0.3, 0.4) is 0 Å². The van der Waals surface area contributed by atoms with E-state index in [1.807, 2.05) is 0 Å². The summed E-state index contributed by atoms with van der Waals surface area (Å²) in [5.41, 5.74) is 0.452. The number of para-hydroxylation sites is 1. The predicted octanol–water partition coefficient (Wildman–Crippen LogP) is 3.50. The molecule has 2 rings (SSSR count). The van der Waals surface area contributed by atoms with Gasteiger partial charge in [0, 0.05) is 19.2 Å². The number of carbonyl (C=O) groups excluding carboxylic acids is 1. The van der Waals surface area contributed by atoms with Crippen LogP contribution in [-0.2, 0) is 21.3 Å². The van der Waals surface area contributed by atoms with Crippen LogP contribution in [-0.4, -0.2) is 39.2 Å². The lowest BCUT2D eigenvalue weighted by Crippen LogP contribution is -2.28. The second-order valence-electron chi connectivity index (χ2n) is 5.89. The fourth-order valence-electron chi connectivity index (χ4n) is 2.47. The van der Waals surface area contributed by atoms with Crippen LogP contribution in [0.1, 0.15) is 21.5 Å². The molecular weight excluding hydrogens is 399 g/mol. The molecular formula is C18H18F3NO5S. The van der Waals surface area contributed by atoms with Gasteiger partial charge < -0.3 is 9.47 Å². The molecule has 28 heavy (non-hydrogen) atoms.